The lowest BCUT2D eigenvalue weighted by molar-refractivity contribution is -0.132. The van der Waals surface area contributed by atoms with Gasteiger partial charge in [-0.25, -0.2) is 0 Å². The molecule has 1 saturated carbocycles. The van der Waals surface area contributed by atoms with E-state index in [0.717, 1.165) is 38.8 Å². The topological polar surface area (TPSA) is 41.1 Å². The molecule has 1 heterocycles. The minimum Gasteiger partial charge on any atom is -0.352 e. The van der Waals surface area contributed by atoms with Crippen molar-refractivity contribution in [3.8, 4) is 0 Å². The second-order valence-corrected chi connectivity index (χ2v) is 6.60. The maximum Gasteiger partial charge on any atom is 0.226 e. The van der Waals surface area contributed by atoms with Gasteiger partial charge in [0.15, 0.2) is 0 Å². The van der Waals surface area contributed by atoms with Gasteiger partial charge in [0.1, 0.15) is 0 Å². The second kappa shape index (κ2) is 7.49. The summed E-state index contributed by atoms with van der Waals surface area (Å²) < 4.78 is 0. The number of carbonyl (C=O) groups is 1. The maximum absolute atomic E-state index is 12.6. The van der Waals surface area contributed by atoms with Gasteiger partial charge in [-0.05, 0) is 44.6 Å². The molecule has 1 aliphatic carbocycles. The van der Waals surface area contributed by atoms with Gasteiger partial charge in [-0.15, -0.1) is 12.4 Å². The molecule has 2 aliphatic rings. The van der Waals surface area contributed by atoms with Crippen LogP contribution in [0.3, 0.4) is 0 Å². The molecule has 0 bridgehead atoms. The lowest BCUT2D eigenvalue weighted by Gasteiger charge is -2.33. The van der Waals surface area contributed by atoms with Gasteiger partial charge in [0.25, 0.3) is 0 Å². The summed E-state index contributed by atoms with van der Waals surface area (Å²) in [6, 6.07) is 0.357. The first kappa shape index (κ1) is 16.8. The fraction of sp³-hybridized carbons (Fsp3) is 0.933. The molecule has 0 aromatic rings. The minimum absolute atomic E-state index is 0. The summed E-state index contributed by atoms with van der Waals surface area (Å²) in [7, 11) is 0. The maximum atomic E-state index is 12.6. The molecule has 112 valence electrons. The third-order valence-electron chi connectivity index (χ3n) is 4.47. The molecule has 2 N–H and O–H groups in total. The normalized spacial score (nSPS) is 25.9. The molecule has 1 saturated heterocycles. The Morgan fingerprint density at radius 2 is 2.00 bits per heavy atom. The highest BCUT2D eigenvalue weighted by Crippen LogP contribution is 2.43. The molecule has 1 amide bonds. The number of hydrogen-bond donors (Lipinski definition) is 2. The Hall–Kier alpha value is -0.280. The fourth-order valence-corrected chi connectivity index (χ4v) is 3.67. The van der Waals surface area contributed by atoms with Crippen molar-refractivity contribution in [1.29, 1.82) is 0 Å². The Bertz CT molecular complexity index is 282. The van der Waals surface area contributed by atoms with E-state index >= 15 is 0 Å². The van der Waals surface area contributed by atoms with E-state index in [0.29, 0.717) is 17.9 Å². The predicted octanol–water partition coefficient (Wildman–Crippen LogP) is 2.88. The monoisotopic (exact) mass is 288 g/mol. The zero-order valence-corrected chi connectivity index (χ0v) is 13.2. The van der Waals surface area contributed by atoms with Gasteiger partial charge < -0.3 is 10.6 Å². The van der Waals surface area contributed by atoms with Gasteiger partial charge in [0.2, 0.25) is 5.91 Å². The zero-order chi connectivity index (χ0) is 13.0. The molecule has 3 nitrogen and oxygen atoms in total. The van der Waals surface area contributed by atoms with Crippen molar-refractivity contribution < 1.29 is 4.79 Å². The van der Waals surface area contributed by atoms with Crippen molar-refractivity contribution in [3.05, 3.63) is 0 Å². The number of carbonyl (C=O) groups excluding carboxylic acids is 1. The quantitative estimate of drug-likeness (QED) is 0.835. The van der Waals surface area contributed by atoms with Crippen LogP contribution in [0.2, 0.25) is 0 Å². The molecular weight excluding hydrogens is 260 g/mol. The molecule has 19 heavy (non-hydrogen) atoms. The van der Waals surface area contributed by atoms with Crippen LogP contribution < -0.4 is 10.6 Å². The summed E-state index contributed by atoms with van der Waals surface area (Å²) in [5.74, 6) is 0.945. The van der Waals surface area contributed by atoms with Crippen molar-refractivity contribution in [1.82, 2.24) is 10.6 Å². The van der Waals surface area contributed by atoms with Gasteiger partial charge in [-0.3, -0.25) is 4.79 Å². The van der Waals surface area contributed by atoms with Crippen LogP contribution in [-0.2, 0) is 4.79 Å². The number of amides is 1. The van der Waals surface area contributed by atoms with E-state index in [-0.39, 0.29) is 17.8 Å². The van der Waals surface area contributed by atoms with Crippen LogP contribution >= 0.6 is 12.4 Å². The largest absolute Gasteiger partial charge is 0.352 e. The van der Waals surface area contributed by atoms with Gasteiger partial charge in [0, 0.05) is 18.0 Å². The SMILES string of the molecule is CC(C)CC1(C(=O)N[C@H]2CCCNC2)CCCC1.Cl. The Morgan fingerprint density at radius 3 is 2.53 bits per heavy atom. The van der Waals surface area contributed by atoms with Crippen molar-refractivity contribution in [3.63, 3.8) is 0 Å². The molecule has 4 heteroatoms. The molecule has 2 fully saturated rings. The third-order valence-corrected chi connectivity index (χ3v) is 4.47. The van der Waals surface area contributed by atoms with E-state index < -0.39 is 0 Å². The Balaban J connectivity index is 0.00000180. The van der Waals surface area contributed by atoms with E-state index in [1.165, 1.54) is 19.3 Å². The fourth-order valence-electron chi connectivity index (χ4n) is 3.67. The molecule has 1 aliphatic heterocycles. The summed E-state index contributed by atoms with van der Waals surface area (Å²) in [5, 5.41) is 6.67. The van der Waals surface area contributed by atoms with Gasteiger partial charge in [0.05, 0.1) is 0 Å². The van der Waals surface area contributed by atoms with Crippen molar-refractivity contribution in [2.75, 3.05) is 13.1 Å². The summed E-state index contributed by atoms with van der Waals surface area (Å²) in [5.41, 5.74) is -0.0500. The Kier molecular flexibility index (Phi) is 6.61. The third kappa shape index (κ3) is 4.35. The van der Waals surface area contributed by atoms with E-state index in [1.807, 2.05) is 0 Å². The summed E-state index contributed by atoms with van der Waals surface area (Å²) in [6.45, 7) is 6.51. The number of halogens is 1. The van der Waals surface area contributed by atoms with Crippen molar-refractivity contribution >= 4 is 18.3 Å². The molecule has 0 aromatic carbocycles. The zero-order valence-electron chi connectivity index (χ0n) is 12.3. The van der Waals surface area contributed by atoms with Gasteiger partial charge in [-0.1, -0.05) is 26.7 Å². The highest BCUT2D eigenvalue weighted by atomic mass is 35.5. The van der Waals surface area contributed by atoms with Crippen LogP contribution in [0.5, 0.6) is 0 Å². The average Bonchev–Trinajstić information content (AvgIpc) is 2.79. The number of rotatable bonds is 4. The van der Waals surface area contributed by atoms with Crippen LogP contribution in [0.1, 0.15) is 58.8 Å². The molecule has 0 radical (unpaired) electrons. The van der Waals surface area contributed by atoms with Crippen LogP contribution in [0, 0.1) is 11.3 Å². The lowest BCUT2D eigenvalue weighted by atomic mass is 9.77. The number of hydrogen-bond acceptors (Lipinski definition) is 2. The van der Waals surface area contributed by atoms with Crippen LogP contribution in [0.25, 0.3) is 0 Å². The van der Waals surface area contributed by atoms with Crippen molar-refractivity contribution in [2.45, 2.75) is 64.8 Å². The molecular formula is C15H29ClN2O. The smallest absolute Gasteiger partial charge is 0.226 e. The van der Waals surface area contributed by atoms with Crippen LogP contribution in [-0.4, -0.2) is 25.0 Å². The van der Waals surface area contributed by atoms with Crippen LogP contribution in [0.15, 0.2) is 0 Å². The molecule has 0 aromatic heterocycles. The van der Waals surface area contributed by atoms with Gasteiger partial charge in [-0.2, -0.15) is 0 Å². The minimum atomic E-state index is -0.0500. The van der Waals surface area contributed by atoms with Crippen molar-refractivity contribution in [2.24, 2.45) is 11.3 Å². The number of nitrogens with one attached hydrogen (secondary N) is 2. The lowest BCUT2D eigenvalue weighted by Crippen LogP contribution is -2.50. The molecule has 0 spiro atoms. The Labute approximate surface area is 123 Å². The Morgan fingerprint density at radius 1 is 1.32 bits per heavy atom. The average molecular weight is 289 g/mol. The van der Waals surface area contributed by atoms with E-state index in [1.54, 1.807) is 0 Å². The second-order valence-electron chi connectivity index (χ2n) is 6.60. The molecule has 1 atom stereocenters. The first-order chi connectivity index (χ1) is 8.62. The summed E-state index contributed by atoms with van der Waals surface area (Å²) in [6.07, 6.45) is 8.01. The summed E-state index contributed by atoms with van der Waals surface area (Å²) >= 11 is 0. The van der Waals surface area contributed by atoms with E-state index in [9.17, 15) is 4.79 Å². The highest BCUT2D eigenvalue weighted by molar-refractivity contribution is 5.85. The van der Waals surface area contributed by atoms with E-state index in [4.69, 9.17) is 0 Å². The van der Waals surface area contributed by atoms with E-state index in [2.05, 4.69) is 24.5 Å². The first-order valence-electron chi connectivity index (χ1n) is 7.64. The summed E-state index contributed by atoms with van der Waals surface area (Å²) in [4.78, 5) is 12.6. The predicted molar refractivity (Wildman–Crippen MR) is 81.6 cm³/mol. The highest BCUT2D eigenvalue weighted by Gasteiger charge is 2.41. The molecule has 0 unspecified atom stereocenters. The standard InChI is InChI=1S/C15H28N2O.ClH/c1-12(2)10-15(7-3-4-8-15)14(18)17-13-6-5-9-16-11-13;/h12-13,16H,3-11H2,1-2H3,(H,17,18);1H/t13-;/m0./s1. The van der Waals surface area contributed by atoms with Crippen LogP contribution in [0.4, 0.5) is 0 Å². The number of piperidine rings is 1. The first-order valence-corrected chi connectivity index (χ1v) is 7.64. The van der Waals surface area contributed by atoms with Gasteiger partial charge >= 0.3 is 0 Å². The molecule has 2 rings (SSSR count).